The number of benzene rings is 1. The van der Waals surface area contributed by atoms with Crippen LogP contribution in [0.1, 0.15) is 16.2 Å². The van der Waals surface area contributed by atoms with Gasteiger partial charge in [0.15, 0.2) is 5.69 Å². The molecule has 118 valence electrons. The lowest BCUT2D eigenvalue weighted by Crippen LogP contribution is -2.34. The van der Waals surface area contributed by atoms with E-state index in [0.29, 0.717) is 5.69 Å². The molecule has 6 nitrogen and oxygen atoms in total. The van der Waals surface area contributed by atoms with E-state index in [1.54, 1.807) is 29.8 Å². The van der Waals surface area contributed by atoms with Gasteiger partial charge < -0.3 is 15.2 Å². The Morgan fingerprint density at radius 2 is 2.14 bits per heavy atom. The lowest BCUT2D eigenvalue weighted by molar-refractivity contribution is 0.0608. The number of aliphatic hydroxyl groups excluding tert-OH is 1. The third-order valence-corrected chi connectivity index (χ3v) is 3.05. The molecule has 1 unspecified atom stereocenters. The molecule has 0 radical (unpaired) electrons. The smallest absolute Gasteiger partial charge is 0.271 e. The molecule has 2 aromatic rings. The van der Waals surface area contributed by atoms with Crippen molar-refractivity contribution in [3.63, 3.8) is 0 Å². The highest BCUT2D eigenvalue weighted by Crippen LogP contribution is 2.13. The van der Waals surface area contributed by atoms with Gasteiger partial charge in [-0.1, -0.05) is 0 Å². The van der Waals surface area contributed by atoms with Crippen molar-refractivity contribution in [3.05, 3.63) is 47.5 Å². The molecular weight excluding hydrogens is 289 g/mol. The van der Waals surface area contributed by atoms with Crippen molar-refractivity contribution in [1.29, 1.82) is 0 Å². The number of nitrogens with one attached hydrogen (secondary N) is 1. The molecular formula is C15H18FN3O3. The van der Waals surface area contributed by atoms with Crippen LogP contribution in [-0.4, -0.2) is 47.2 Å². The number of amides is 1. The topological polar surface area (TPSA) is 76.4 Å². The number of rotatable bonds is 6. The van der Waals surface area contributed by atoms with E-state index in [9.17, 15) is 14.3 Å². The molecule has 1 heterocycles. The fraction of sp³-hybridized carbons (Fsp3) is 0.333. The fourth-order valence-corrected chi connectivity index (χ4v) is 1.98. The number of hydrogen-bond donors (Lipinski definition) is 2. The van der Waals surface area contributed by atoms with Crippen molar-refractivity contribution in [2.24, 2.45) is 0 Å². The molecule has 7 heteroatoms. The second-order valence-electron chi connectivity index (χ2n) is 4.88. The second kappa shape index (κ2) is 7.15. The van der Waals surface area contributed by atoms with Crippen LogP contribution in [0.25, 0.3) is 5.69 Å². The van der Waals surface area contributed by atoms with E-state index < -0.39 is 6.10 Å². The number of nitrogens with zero attached hydrogens (tertiary/aromatic N) is 2. The predicted octanol–water partition coefficient (Wildman–Crippen LogP) is 1.06. The van der Waals surface area contributed by atoms with Crippen LogP contribution < -0.4 is 5.32 Å². The van der Waals surface area contributed by atoms with E-state index >= 15 is 0 Å². The van der Waals surface area contributed by atoms with Crippen LogP contribution in [0.2, 0.25) is 0 Å². The van der Waals surface area contributed by atoms with Gasteiger partial charge in [0.05, 0.1) is 18.4 Å². The molecule has 1 aromatic carbocycles. The Kier molecular flexibility index (Phi) is 5.24. The van der Waals surface area contributed by atoms with Crippen LogP contribution in [0, 0.1) is 12.7 Å². The van der Waals surface area contributed by atoms with Crippen LogP contribution in [0.3, 0.4) is 0 Å². The summed E-state index contributed by atoms with van der Waals surface area (Å²) >= 11 is 0. The maximum atomic E-state index is 12.9. The second-order valence-corrected chi connectivity index (χ2v) is 4.88. The van der Waals surface area contributed by atoms with E-state index in [4.69, 9.17) is 4.74 Å². The molecule has 22 heavy (non-hydrogen) atoms. The average Bonchev–Trinajstić information content (AvgIpc) is 2.88. The van der Waals surface area contributed by atoms with Crippen LogP contribution in [-0.2, 0) is 4.74 Å². The summed E-state index contributed by atoms with van der Waals surface area (Å²) in [5, 5.41) is 16.3. The van der Waals surface area contributed by atoms with Gasteiger partial charge >= 0.3 is 0 Å². The van der Waals surface area contributed by atoms with Gasteiger partial charge in [-0.2, -0.15) is 5.10 Å². The van der Waals surface area contributed by atoms with E-state index in [2.05, 4.69) is 10.4 Å². The number of carbonyl (C=O) groups excluding carboxylic acids is 1. The van der Waals surface area contributed by atoms with Crippen LogP contribution in [0.5, 0.6) is 0 Å². The average molecular weight is 307 g/mol. The van der Waals surface area contributed by atoms with Crippen molar-refractivity contribution in [2.75, 3.05) is 20.3 Å². The first-order chi connectivity index (χ1) is 10.5. The highest BCUT2D eigenvalue weighted by atomic mass is 19.1. The van der Waals surface area contributed by atoms with Crippen molar-refractivity contribution >= 4 is 5.91 Å². The van der Waals surface area contributed by atoms with Gasteiger partial charge in [0.1, 0.15) is 5.82 Å². The van der Waals surface area contributed by atoms with E-state index in [0.717, 1.165) is 5.69 Å². The third kappa shape index (κ3) is 3.90. The van der Waals surface area contributed by atoms with E-state index in [1.165, 1.54) is 19.2 Å². The summed E-state index contributed by atoms with van der Waals surface area (Å²) in [5.74, 6) is -0.724. The first-order valence-corrected chi connectivity index (χ1v) is 6.79. The van der Waals surface area contributed by atoms with Gasteiger partial charge in [0.2, 0.25) is 0 Å². The fourth-order valence-electron chi connectivity index (χ4n) is 1.98. The Labute approximate surface area is 127 Å². The minimum absolute atomic E-state index is 0.0785. The van der Waals surface area contributed by atoms with Gasteiger partial charge in [-0.05, 0) is 37.3 Å². The van der Waals surface area contributed by atoms with Gasteiger partial charge in [0.25, 0.3) is 5.91 Å². The quantitative estimate of drug-likeness (QED) is 0.836. The van der Waals surface area contributed by atoms with Crippen molar-refractivity contribution in [2.45, 2.75) is 13.0 Å². The van der Waals surface area contributed by atoms with Gasteiger partial charge in [-0.3, -0.25) is 4.79 Å². The summed E-state index contributed by atoms with van der Waals surface area (Å²) in [6, 6.07) is 7.45. The third-order valence-electron chi connectivity index (χ3n) is 3.05. The monoisotopic (exact) mass is 307 g/mol. The standard InChI is InChI=1S/C15H18FN3O3/c1-10-7-14(15(21)17-8-13(20)9-22-2)18-19(10)12-5-3-11(16)4-6-12/h3-7,13,20H,8-9H2,1-2H3,(H,17,21). The molecule has 1 aromatic heterocycles. The Bertz CT molecular complexity index is 640. The molecule has 0 bridgehead atoms. The number of aromatic nitrogens is 2. The van der Waals surface area contributed by atoms with Crippen molar-refractivity contribution in [3.8, 4) is 5.69 Å². The van der Waals surface area contributed by atoms with E-state index in [-0.39, 0.29) is 30.6 Å². The molecule has 0 aliphatic rings. The van der Waals surface area contributed by atoms with Gasteiger partial charge in [-0.25, -0.2) is 9.07 Å². The number of hydrogen-bond acceptors (Lipinski definition) is 4. The number of aliphatic hydroxyl groups is 1. The van der Waals surface area contributed by atoms with Crippen molar-refractivity contribution < 1.29 is 19.0 Å². The number of methoxy groups -OCH3 is 1. The summed E-state index contributed by atoms with van der Waals surface area (Å²) < 4.78 is 19.3. The molecule has 1 atom stereocenters. The first kappa shape index (κ1) is 16.1. The zero-order valence-corrected chi connectivity index (χ0v) is 12.4. The van der Waals surface area contributed by atoms with Crippen LogP contribution >= 0.6 is 0 Å². The summed E-state index contributed by atoms with van der Waals surface area (Å²) in [6.45, 7) is 2.02. The Morgan fingerprint density at radius 3 is 2.77 bits per heavy atom. The van der Waals surface area contributed by atoms with E-state index in [1.807, 2.05) is 0 Å². The normalized spacial score (nSPS) is 12.2. The predicted molar refractivity (Wildman–Crippen MR) is 78.5 cm³/mol. The number of ether oxygens (including phenoxy) is 1. The lowest BCUT2D eigenvalue weighted by atomic mass is 10.3. The van der Waals surface area contributed by atoms with Crippen LogP contribution in [0.15, 0.2) is 30.3 Å². The van der Waals surface area contributed by atoms with Gasteiger partial charge in [0, 0.05) is 19.3 Å². The molecule has 1 amide bonds. The summed E-state index contributed by atoms with van der Waals surface area (Å²) in [5.41, 5.74) is 1.64. The largest absolute Gasteiger partial charge is 0.389 e. The Balaban J connectivity index is 2.09. The molecule has 2 N–H and O–H groups in total. The number of aryl methyl sites for hydroxylation is 1. The first-order valence-electron chi connectivity index (χ1n) is 6.79. The highest BCUT2D eigenvalue weighted by molar-refractivity contribution is 5.92. The Hall–Kier alpha value is -2.25. The van der Waals surface area contributed by atoms with Crippen molar-refractivity contribution in [1.82, 2.24) is 15.1 Å². The van der Waals surface area contributed by atoms with Gasteiger partial charge in [-0.15, -0.1) is 0 Å². The van der Waals surface area contributed by atoms with Crippen LogP contribution in [0.4, 0.5) is 4.39 Å². The summed E-state index contributed by atoms with van der Waals surface area (Å²) in [7, 11) is 1.47. The molecule has 2 rings (SSSR count). The highest BCUT2D eigenvalue weighted by Gasteiger charge is 2.14. The molecule has 0 saturated heterocycles. The molecule has 0 aliphatic carbocycles. The molecule has 0 saturated carbocycles. The zero-order valence-electron chi connectivity index (χ0n) is 12.4. The molecule has 0 aliphatic heterocycles. The molecule has 0 fully saturated rings. The summed E-state index contributed by atoms with van der Waals surface area (Å²) in [4.78, 5) is 12.0. The maximum Gasteiger partial charge on any atom is 0.271 e. The minimum Gasteiger partial charge on any atom is -0.389 e. The maximum absolute atomic E-state index is 12.9. The minimum atomic E-state index is -0.769. The Morgan fingerprint density at radius 1 is 1.45 bits per heavy atom. The number of halogens is 1. The summed E-state index contributed by atoms with van der Waals surface area (Å²) in [6.07, 6.45) is -0.769. The molecule has 0 spiro atoms. The zero-order chi connectivity index (χ0) is 16.1. The SMILES string of the molecule is COCC(O)CNC(=O)c1cc(C)n(-c2ccc(F)cc2)n1. The number of carbonyl (C=O) groups is 1. The lowest BCUT2D eigenvalue weighted by Gasteiger charge is -2.09.